The Labute approximate surface area is 159 Å². The molecule has 0 N–H and O–H groups in total. The van der Waals surface area contributed by atoms with E-state index in [1.165, 1.54) is 18.2 Å². The van der Waals surface area contributed by atoms with Crippen LogP contribution in [0.25, 0.3) is 0 Å². The number of hydrogen-bond donors (Lipinski definition) is 0. The van der Waals surface area contributed by atoms with Crippen LogP contribution in [-0.2, 0) is 20.7 Å². The topological polar surface area (TPSA) is 44.8 Å². The van der Waals surface area contributed by atoms with E-state index in [2.05, 4.69) is 6.07 Å². The van der Waals surface area contributed by atoms with E-state index >= 15 is 0 Å². The second-order valence-electron chi connectivity index (χ2n) is 6.25. The summed E-state index contributed by atoms with van der Waals surface area (Å²) in [6, 6.07) is 13.7. The predicted octanol–water partition coefficient (Wildman–Crippen LogP) is 5.05. The fraction of sp³-hybridized carbons (Fsp3) is 0.381. The Bertz CT molecular complexity index is 757. The molecule has 0 saturated heterocycles. The number of halogens is 1. The number of methoxy groups -OCH3 is 1. The highest BCUT2D eigenvalue weighted by Gasteiger charge is 2.26. The Morgan fingerprint density at radius 1 is 1.23 bits per heavy atom. The monoisotopic (exact) mass is 374 g/mol. The van der Waals surface area contributed by atoms with Crippen molar-refractivity contribution in [2.24, 2.45) is 0 Å². The van der Waals surface area contributed by atoms with Crippen molar-refractivity contribution in [1.82, 2.24) is 0 Å². The third-order valence-corrected chi connectivity index (χ3v) is 4.99. The Kier molecular flexibility index (Phi) is 6.17. The van der Waals surface area contributed by atoms with Crippen molar-refractivity contribution < 1.29 is 19.0 Å². The van der Waals surface area contributed by atoms with Gasteiger partial charge in [0.1, 0.15) is 11.9 Å². The Morgan fingerprint density at radius 2 is 2.00 bits per heavy atom. The second-order valence-corrected chi connectivity index (χ2v) is 6.65. The minimum atomic E-state index is -0.312. The van der Waals surface area contributed by atoms with Gasteiger partial charge in [-0.15, -0.1) is 0 Å². The summed E-state index contributed by atoms with van der Waals surface area (Å²) in [6.07, 6.45) is 1.76. The molecule has 3 rings (SSSR count). The van der Waals surface area contributed by atoms with Crippen LogP contribution in [0.4, 0.5) is 0 Å². The highest BCUT2D eigenvalue weighted by Crippen LogP contribution is 2.38. The van der Waals surface area contributed by atoms with E-state index in [1.807, 2.05) is 43.3 Å². The van der Waals surface area contributed by atoms with Gasteiger partial charge in [0.15, 0.2) is 0 Å². The average molecular weight is 375 g/mol. The molecule has 0 unspecified atom stereocenters. The fourth-order valence-corrected chi connectivity index (χ4v) is 3.60. The molecule has 1 aliphatic rings. The molecule has 0 amide bonds. The quantitative estimate of drug-likeness (QED) is 0.636. The molecule has 0 spiro atoms. The Balaban J connectivity index is 1.70. The predicted molar refractivity (Wildman–Crippen MR) is 101 cm³/mol. The van der Waals surface area contributed by atoms with Gasteiger partial charge in [-0.05, 0) is 54.7 Å². The van der Waals surface area contributed by atoms with Crippen LogP contribution < -0.4 is 4.74 Å². The van der Waals surface area contributed by atoms with Crippen LogP contribution in [0.1, 0.15) is 48.7 Å². The molecule has 0 fully saturated rings. The van der Waals surface area contributed by atoms with Crippen LogP contribution in [0, 0.1) is 0 Å². The van der Waals surface area contributed by atoms with Gasteiger partial charge in [-0.2, -0.15) is 0 Å². The first kappa shape index (κ1) is 18.7. The molecule has 0 aromatic heterocycles. The summed E-state index contributed by atoms with van der Waals surface area (Å²) >= 11 is 6.27. The van der Waals surface area contributed by atoms with Gasteiger partial charge < -0.3 is 14.2 Å². The normalized spacial score (nSPS) is 16.8. The van der Waals surface area contributed by atoms with Gasteiger partial charge in [-0.25, -0.2) is 0 Å². The van der Waals surface area contributed by atoms with Gasteiger partial charge in [0.05, 0.1) is 19.6 Å². The maximum absolute atomic E-state index is 11.6. The summed E-state index contributed by atoms with van der Waals surface area (Å²) in [7, 11) is 1.38. The van der Waals surface area contributed by atoms with Gasteiger partial charge >= 0.3 is 5.97 Å². The third kappa shape index (κ3) is 4.19. The molecule has 0 saturated carbocycles. The van der Waals surface area contributed by atoms with E-state index in [9.17, 15) is 4.79 Å². The van der Waals surface area contributed by atoms with Crippen LogP contribution >= 0.6 is 11.6 Å². The Morgan fingerprint density at radius 3 is 2.69 bits per heavy atom. The van der Waals surface area contributed by atoms with Crippen molar-refractivity contribution in [2.75, 3.05) is 13.7 Å². The van der Waals surface area contributed by atoms with Gasteiger partial charge in [0, 0.05) is 11.6 Å². The number of rotatable bonds is 7. The zero-order valence-electron chi connectivity index (χ0n) is 15.0. The van der Waals surface area contributed by atoms with E-state index in [0.717, 1.165) is 29.2 Å². The van der Waals surface area contributed by atoms with Gasteiger partial charge in [-0.3, -0.25) is 4.79 Å². The number of carbonyl (C=O) groups excluding carboxylic acids is 1. The summed E-state index contributed by atoms with van der Waals surface area (Å²) < 4.78 is 16.6. The van der Waals surface area contributed by atoms with Gasteiger partial charge in [0.25, 0.3) is 0 Å². The first-order valence-electron chi connectivity index (χ1n) is 8.84. The first-order valence-corrected chi connectivity index (χ1v) is 9.22. The lowest BCUT2D eigenvalue weighted by molar-refractivity contribution is -0.143. The smallest absolute Gasteiger partial charge is 0.308 e. The summed E-state index contributed by atoms with van der Waals surface area (Å²) in [5.41, 5.74) is 3.28. The van der Waals surface area contributed by atoms with Crippen molar-refractivity contribution in [3.63, 3.8) is 0 Å². The minimum Gasteiger partial charge on any atom is -0.486 e. The van der Waals surface area contributed by atoms with Crippen molar-refractivity contribution >= 4 is 17.6 Å². The highest BCUT2D eigenvalue weighted by molar-refractivity contribution is 6.31. The maximum atomic E-state index is 11.6. The van der Waals surface area contributed by atoms with Crippen molar-refractivity contribution in [2.45, 2.75) is 38.4 Å². The van der Waals surface area contributed by atoms with E-state index in [0.29, 0.717) is 6.61 Å². The van der Waals surface area contributed by atoms with Crippen LogP contribution in [0.15, 0.2) is 42.5 Å². The Hall–Kier alpha value is -2.04. The van der Waals surface area contributed by atoms with Crippen molar-refractivity contribution in [3.8, 4) is 5.75 Å². The number of ether oxygens (including phenoxy) is 3. The lowest BCUT2D eigenvalue weighted by Crippen LogP contribution is -2.12. The van der Waals surface area contributed by atoms with Crippen LogP contribution in [-0.4, -0.2) is 19.7 Å². The van der Waals surface area contributed by atoms with Crippen molar-refractivity contribution in [3.05, 3.63) is 64.2 Å². The molecule has 0 bridgehead atoms. The van der Waals surface area contributed by atoms with Gasteiger partial charge in [0.2, 0.25) is 0 Å². The summed E-state index contributed by atoms with van der Waals surface area (Å²) in [4.78, 5) is 11.6. The number of carbonyl (C=O) groups is 1. The summed E-state index contributed by atoms with van der Waals surface area (Å²) in [5.74, 6) is 0.503. The van der Waals surface area contributed by atoms with Gasteiger partial charge in [-0.1, -0.05) is 35.9 Å². The summed E-state index contributed by atoms with van der Waals surface area (Å²) in [5, 5.41) is 0.811. The molecule has 26 heavy (non-hydrogen) atoms. The largest absolute Gasteiger partial charge is 0.486 e. The molecular weight excluding hydrogens is 352 g/mol. The molecular formula is C21H23ClO4. The molecule has 0 aliphatic heterocycles. The lowest BCUT2D eigenvalue weighted by atomic mass is 10.1. The van der Waals surface area contributed by atoms with E-state index in [4.69, 9.17) is 25.8 Å². The number of fused-ring (bicyclic) bond motifs is 1. The first-order chi connectivity index (χ1) is 12.6. The van der Waals surface area contributed by atoms with E-state index in [1.54, 1.807) is 0 Å². The summed E-state index contributed by atoms with van der Waals surface area (Å²) in [6.45, 7) is 2.43. The van der Waals surface area contributed by atoms with E-state index < -0.39 is 0 Å². The molecule has 2 aromatic rings. The fourth-order valence-electron chi connectivity index (χ4n) is 3.33. The molecule has 2 atom stereocenters. The van der Waals surface area contributed by atoms with Crippen LogP contribution in [0.5, 0.6) is 5.75 Å². The SMILES string of the molecule is CCO[C@@H](CC(=O)OC)c1ccc(O[C@H]2CCc3c(Cl)cccc32)cc1. The van der Waals surface area contributed by atoms with Crippen LogP contribution in [0.3, 0.4) is 0 Å². The second kappa shape index (κ2) is 8.56. The highest BCUT2D eigenvalue weighted by atomic mass is 35.5. The van der Waals surface area contributed by atoms with Crippen molar-refractivity contribution in [1.29, 1.82) is 0 Å². The zero-order chi connectivity index (χ0) is 18.5. The molecule has 0 radical (unpaired) electrons. The molecule has 0 heterocycles. The zero-order valence-corrected chi connectivity index (χ0v) is 15.8. The molecule has 138 valence electrons. The number of benzene rings is 2. The number of hydrogen-bond acceptors (Lipinski definition) is 4. The molecule has 1 aliphatic carbocycles. The lowest BCUT2D eigenvalue weighted by Gasteiger charge is -2.18. The van der Waals surface area contributed by atoms with Crippen LogP contribution in [0.2, 0.25) is 5.02 Å². The van der Waals surface area contributed by atoms with E-state index in [-0.39, 0.29) is 24.6 Å². The number of esters is 1. The molecule has 4 nitrogen and oxygen atoms in total. The maximum Gasteiger partial charge on any atom is 0.308 e. The standard InChI is InChI=1S/C21H23ClO4/c1-3-25-20(13-21(23)24-2)14-7-9-15(10-8-14)26-19-12-11-16-17(19)5-4-6-18(16)22/h4-10,19-20H,3,11-13H2,1-2H3/t19-,20-/m0/s1. The molecule has 5 heteroatoms. The minimum absolute atomic E-state index is 0.0207. The average Bonchev–Trinajstić information content (AvgIpc) is 3.06. The third-order valence-electron chi connectivity index (χ3n) is 4.64. The molecule has 2 aromatic carbocycles.